The molecule has 0 radical (unpaired) electrons. The van der Waals surface area contributed by atoms with E-state index in [1.54, 1.807) is 0 Å². The second-order valence-corrected chi connectivity index (χ2v) is 21.3. The van der Waals surface area contributed by atoms with Gasteiger partial charge in [0.05, 0.1) is 31.0 Å². The average molecular weight is 831 g/mol. The summed E-state index contributed by atoms with van der Waals surface area (Å²) in [5.41, 5.74) is 7.80. The molecule has 8 aliphatic rings. The monoisotopic (exact) mass is 830 g/mol. The molecule has 8 rings (SSSR count). The number of carboxylic acid groups (broad SMARTS) is 1. The maximum Gasteiger partial charge on any atom is 0.321 e. The van der Waals surface area contributed by atoms with Crippen LogP contribution in [0.25, 0.3) is 0 Å². The number of hydrogen-bond donors (Lipinski definition) is 5. The van der Waals surface area contributed by atoms with E-state index in [0.717, 1.165) is 81.9 Å². The predicted molar refractivity (Wildman–Crippen MR) is 221 cm³/mol. The van der Waals surface area contributed by atoms with E-state index < -0.39 is 53.3 Å². The lowest BCUT2D eigenvalue weighted by Crippen LogP contribution is -2.60. The Balaban J connectivity index is 1.20. The molecule has 6 saturated heterocycles. The maximum atomic E-state index is 12.0. The molecule has 326 valence electrons. The summed E-state index contributed by atoms with van der Waals surface area (Å²) in [5, 5.41) is 43.8. The Labute approximate surface area is 349 Å². The van der Waals surface area contributed by atoms with Crippen LogP contribution in [-0.4, -0.2) is 116 Å². The zero-order chi connectivity index (χ0) is 41.3. The Bertz CT molecular complexity index is 1620. The molecular weight excluding hydrogens is 761 g/mol. The van der Waals surface area contributed by atoms with Gasteiger partial charge in [0.15, 0.2) is 11.6 Å². The minimum Gasteiger partial charge on any atom is -0.480 e. The highest BCUT2D eigenvalue weighted by Crippen LogP contribution is 2.59. The fourth-order valence-corrected chi connectivity index (χ4v) is 13.3. The van der Waals surface area contributed by atoms with Gasteiger partial charge in [-0.3, -0.25) is 9.79 Å². The van der Waals surface area contributed by atoms with E-state index in [2.05, 4.69) is 33.4 Å². The lowest BCUT2D eigenvalue weighted by molar-refractivity contribution is -0.403. The van der Waals surface area contributed by atoms with E-state index in [9.17, 15) is 25.2 Å². The van der Waals surface area contributed by atoms with Crippen molar-refractivity contribution in [1.82, 2.24) is 0 Å². The Hall–Kier alpha value is -1.39. The number of thioether (sulfide) groups is 1. The number of aliphatic hydroxyl groups is 3. The number of carbonyl (C=O) groups is 1. The third-order valence-corrected chi connectivity index (χ3v) is 17.2. The molecule has 0 saturated carbocycles. The summed E-state index contributed by atoms with van der Waals surface area (Å²) in [6.45, 7) is 13.7. The van der Waals surface area contributed by atoms with Crippen molar-refractivity contribution >= 4 is 23.4 Å². The summed E-state index contributed by atoms with van der Waals surface area (Å²) in [4.78, 5) is 17.2. The van der Waals surface area contributed by atoms with Crippen molar-refractivity contribution in [3.05, 3.63) is 23.8 Å². The highest BCUT2D eigenvalue weighted by Gasteiger charge is 2.66. The van der Waals surface area contributed by atoms with Crippen LogP contribution >= 0.6 is 11.8 Å². The molecule has 7 heterocycles. The minimum absolute atomic E-state index is 0.0821. The number of fused-ring (bicyclic) bond motifs is 6. The molecule has 58 heavy (non-hydrogen) atoms. The van der Waals surface area contributed by atoms with Crippen LogP contribution in [0, 0.1) is 29.1 Å². The van der Waals surface area contributed by atoms with Gasteiger partial charge in [0, 0.05) is 66.7 Å². The molecule has 4 spiro atoms. The zero-order valence-corrected chi connectivity index (χ0v) is 36.1. The van der Waals surface area contributed by atoms with Crippen LogP contribution in [-0.2, 0) is 28.5 Å². The standard InChI is InChI=1S/C45H70N2O10S/c1-26-8-6-10-36-42(20-27(2)29(4)23-47-36)15-11-30(35(24-48)58-25-34(46)40(50)51)19-33(42)38-39-37(49)28(3)21-44(55-38,56-39)22-32-9-7-13-43(53-32)16-17-45(57-43)41(5,52)14-12-31(18-26)54-45/h19,27-29,31-35,37-39,48-49,52H,1,6-18,20-25,46H2,2-5H3,(H,50,51)/t27-,28+,29-,31-,32+,33+,34+,35+,37+,38-,39+,41+,42+,43+,44+,45+/m0/s1. The number of nitrogens with two attached hydrogens (primary N) is 1. The van der Waals surface area contributed by atoms with Crippen LogP contribution in [0.3, 0.4) is 0 Å². The molecule has 12 nitrogen and oxygen atoms in total. The number of aliphatic hydroxyl groups excluding tert-OH is 2. The third-order valence-electron chi connectivity index (χ3n) is 15.8. The summed E-state index contributed by atoms with van der Waals surface area (Å²) in [6.07, 6.45) is 11.7. The number of hydrogen-bond acceptors (Lipinski definition) is 12. The largest absolute Gasteiger partial charge is 0.480 e. The highest BCUT2D eigenvalue weighted by molar-refractivity contribution is 8.00. The molecule has 0 aromatic carbocycles. The number of nitrogens with zero attached hydrogens (tertiary/aromatic N) is 1. The van der Waals surface area contributed by atoms with Gasteiger partial charge in [-0.05, 0) is 95.3 Å². The average Bonchev–Trinajstić information content (AvgIpc) is 3.65. The second kappa shape index (κ2) is 16.4. The minimum atomic E-state index is -1.16. The van der Waals surface area contributed by atoms with Crippen molar-refractivity contribution in [2.45, 2.75) is 195 Å². The topological polar surface area (TPSA) is 183 Å². The second-order valence-electron chi connectivity index (χ2n) is 20.0. The number of rotatable bonds is 6. The van der Waals surface area contributed by atoms with Crippen molar-refractivity contribution < 1.29 is 48.9 Å². The molecule has 1 aliphatic carbocycles. The van der Waals surface area contributed by atoms with Gasteiger partial charge in [0.1, 0.15) is 17.7 Å². The van der Waals surface area contributed by atoms with E-state index in [4.69, 9.17) is 34.4 Å². The van der Waals surface area contributed by atoms with Crippen molar-refractivity contribution in [2.24, 2.45) is 39.8 Å². The molecule has 0 unspecified atom stereocenters. The van der Waals surface area contributed by atoms with Gasteiger partial charge in [-0.25, -0.2) is 0 Å². The van der Waals surface area contributed by atoms with Gasteiger partial charge in [-0.15, -0.1) is 11.8 Å². The lowest BCUT2D eigenvalue weighted by Gasteiger charge is -2.50. The molecule has 0 aromatic heterocycles. The predicted octanol–water partition coefficient (Wildman–Crippen LogP) is 6.04. The fraction of sp³-hybridized carbons (Fsp3) is 0.867. The summed E-state index contributed by atoms with van der Waals surface area (Å²) in [7, 11) is 0. The number of aliphatic imine (C=N–C) groups is 1. The summed E-state index contributed by atoms with van der Waals surface area (Å²) in [6, 6.07) is -1.03. The molecule has 6 fully saturated rings. The lowest BCUT2D eigenvalue weighted by atomic mass is 9.57. The molecule has 7 aliphatic heterocycles. The van der Waals surface area contributed by atoms with Crippen LogP contribution in [0.5, 0.6) is 0 Å². The van der Waals surface area contributed by atoms with Gasteiger partial charge in [0.25, 0.3) is 0 Å². The molecule has 16 atom stereocenters. The molecule has 7 bridgehead atoms. The summed E-state index contributed by atoms with van der Waals surface area (Å²) < 4.78 is 35.3. The van der Waals surface area contributed by atoms with Crippen LogP contribution in [0.4, 0.5) is 0 Å². The van der Waals surface area contributed by atoms with Crippen LogP contribution in [0.15, 0.2) is 28.8 Å². The Kier molecular flexibility index (Phi) is 12.2. The quantitative estimate of drug-likeness (QED) is 0.196. The highest BCUT2D eigenvalue weighted by atomic mass is 32.2. The van der Waals surface area contributed by atoms with Gasteiger partial charge in [-0.2, -0.15) is 0 Å². The van der Waals surface area contributed by atoms with Crippen molar-refractivity contribution in [3.8, 4) is 0 Å². The third kappa shape index (κ3) is 7.94. The first kappa shape index (κ1) is 43.3. The van der Waals surface area contributed by atoms with E-state index in [0.29, 0.717) is 50.4 Å². The van der Waals surface area contributed by atoms with Gasteiger partial charge < -0.3 is 49.8 Å². The van der Waals surface area contributed by atoms with Crippen LogP contribution in [0.2, 0.25) is 0 Å². The zero-order valence-electron chi connectivity index (χ0n) is 35.2. The molecular formula is C45H70N2O10S. The Morgan fingerprint density at radius 1 is 0.931 bits per heavy atom. The van der Waals surface area contributed by atoms with E-state index in [-0.39, 0.29) is 47.1 Å². The van der Waals surface area contributed by atoms with Crippen LogP contribution in [0.1, 0.15) is 130 Å². The van der Waals surface area contributed by atoms with Gasteiger partial charge >= 0.3 is 5.97 Å². The van der Waals surface area contributed by atoms with Gasteiger partial charge in [-0.1, -0.05) is 44.6 Å². The molecule has 6 N–H and O–H groups in total. The SMILES string of the molecule is C=C1CCCC2=NC[C@H](C)[C@@H](C)C[C@@]23CCC([C@@H](CO)SC[C@@H](N)C(=O)O)=C[C@@H]3[C@@H]2O[C@]3(C[C@H]4CCC[C@@]5(CC[C@@]6(O[C@@H](CC[C@@]6(C)O)C1)O5)O4)C[C@@H](C)[C@@H](O)[C@H]2O3. The summed E-state index contributed by atoms with van der Waals surface area (Å²) in [5.74, 6) is -3.43. The first-order chi connectivity index (χ1) is 27.5. The van der Waals surface area contributed by atoms with Crippen molar-refractivity contribution in [3.63, 3.8) is 0 Å². The summed E-state index contributed by atoms with van der Waals surface area (Å²) >= 11 is 1.39. The fourth-order valence-electron chi connectivity index (χ4n) is 12.2. The molecule has 13 heteroatoms. The first-order valence-electron chi connectivity index (χ1n) is 22.4. The number of aliphatic carboxylic acids is 1. The first-order valence-corrected chi connectivity index (χ1v) is 23.5. The maximum absolute atomic E-state index is 12.0. The smallest absolute Gasteiger partial charge is 0.321 e. The van der Waals surface area contributed by atoms with E-state index in [1.165, 1.54) is 17.5 Å². The molecule has 0 amide bonds. The number of ether oxygens (including phenoxy) is 5. The van der Waals surface area contributed by atoms with Gasteiger partial charge in [0.2, 0.25) is 5.79 Å². The van der Waals surface area contributed by atoms with E-state index in [1.807, 2.05) is 6.92 Å². The van der Waals surface area contributed by atoms with E-state index >= 15 is 0 Å². The number of carboxylic acids is 1. The van der Waals surface area contributed by atoms with Crippen molar-refractivity contribution in [1.29, 1.82) is 0 Å². The van der Waals surface area contributed by atoms with Crippen LogP contribution < -0.4 is 5.73 Å². The Morgan fingerprint density at radius 3 is 2.50 bits per heavy atom. The normalized spacial score (nSPS) is 48.1. The Morgan fingerprint density at radius 2 is 1.72 bits per heavy atom. The molecule has 0 aromatic rings. The van der Waals surface area contributed by atoms with Crippen molar-refractivity contribution in [2.75, 3.05) is 18.9 Å².